The van der Waals surface area contributed by atoms with E-state index < -0.39 is 5.97 Å². The van der Waals surface area contributed by atoms with Crippen molar-refractivity contribution in [3.63, 3.8) is 0 Å². The summed E-state index contributed by atoms with van der Waals surface area (Å²) in [5.74, 6) is 1.31. The summed E-state index contributed by atoms with van der Waals surface area (Å²) in [4.78, 5) is 11.7. The first-order valence-corrected chi connectivity index (χ1v) is 8.11. The van der Waals surface area contributed by atoms with Crippen molar-refractivity contribution in [3.8, 4) is 17.2 Å². The number of carboxylic acids is 1. The van der Waals surface area contributed by atoms with Crippen LogP contribution in [0.25, 0.3) is 11.6 Å². The van der Waals surface area contributed by atoms with E-state index in [4.69, 9.17) is 14.2 Å². The first-order valence-electron chi connectivity index (χ1n) is 8.11. The quantitative estimate of drug-likeness (QED) is 0.634. The zero-order valence-corrected chi connectivity index (χ0v) is 14.2. The standard InChI is InChI=1S/C20H20O5/c1-13(2)11-23-16-5-3-4-14(8-16)9-17(20(21)22)15-6-7-18-19(10-15)25-12-24-18/h3-10,13H,11-12H2,1-2H3,(H,21,22)/b17-9-. The van der Waals surface area contributed by atoms with Gasteiger partial charge in [-0.3, -0.25) is 0 Å². The zero-order chi connectivity index (χ0) is 17.8. The minimum atomic E-state index is -1.01. The maximum Gasteiger partial charge on any atom is 0.336 e. The Morgan fingerprint density at radius 1 is 1.20 bits per heavy atom. The third kappa shape index (κ3) is 4.12. The van der Waals surface area contributed by atoms with Gasteiger partial charge in [0.05, 0.1) is 12.2 Å². The lowest BCUT2D eigenvalue weighted by molar-refractivity contribution is -0.130. The van der Waals surface area contributed by atoms with Crippen LogP contribution in [0.3, 0.4) is 0 Å². The summed E-state index contributed by atoms with van der Waals surface area (Å²) in [7, 11) is 0. The van der Waals surface area contributed by atoms with Gasteiger partial charge in [0.1, 0.15) is 5.75 Å². The van der Waals surface area contributed by atoms with E-state index in [2.05, 4.69) is 13.8 Å². The molecule has 5 heteroatoms. The number of hydrogen-bond acceptors (Lipinski definition) is 4. The Kier molecular flexibility index (Phi) is 4.93. The van der Waals surface area contributed by atoms with Gasteiger partial charge in [0.2, 0.25) is 6.79 Å². The highest BCUT2D eigenvalue weighted by molar-refractivity contribution is 6.20. The Morgan fingerprint density at radius 3 is 2.76 bits per heavy atom. The molecule has 1 N–H and O–H groups in total. The molecule has 2 aromatic carbocycles. The second-order valence-electron chi connectivity index (χ2n) is 6.21. The predicted molar refractivity (Wildman–Crippen MR) is 94.8 cm³/mol. The molecule has 2 aromatic rings. The molecule has 0 saturated carbocycles. The smallest absolute Gasteiger partial charge is 0.336 e. The highest BCUT2D eigenvalue weighted by Gasteiger charge is 2.17. The van der Waals surface area contributed by atoms with Gasteiger partial charge in [0, 0.05) is 0 Å². The molecule has 0 amide bonds. The maximum atomic E-state index is 11.7. The minimum absolute atomic E-state index is 0.153. The number of carbonyl (C=O) groups is 1. The van der Waals surface area contributed by atoms with Gasteiger partial charge in [-0.05, 0) is 47.4 Å². The van der Waals surface area contributed by atoms with Crippen molar-refractivity contribution in [1.29, 1.82) is 0 Å². The highest BCUT2D eigenvalue weighted by Crippen LogP contribution is 2.35. The molecular formula is C20H20O5. The summed E-state index contributed by atoms with van der Waals surface area (Å²) >= 11 is 0. The predicted octanol–water partition coefficient (Wildman–Crippen LogP) is 4.08. The molecular weight excluding hydrogens is 320 g/mol. The minimum Gasteiger partial charge on any atom is -0.493 e. The number of hydrogen-bond donors (Lipinski definition) is 1. The van der Waals surface area contributed by atoms with Gasteiger partial charge in [0.15, 0.2) is 11.5 Å². The van der Waals surface area contributed by atoms with Crippen molar-refractivity contribution >= 4 is 17.6 Å². The van der Waals surface area contributed by atoms with E-state index in [0.717, 1.165) is 11.3 Å². The van der Waals surface area contributed by atoms with Gasteiger partial charge in [-0.25, -0.2) is 4.79 Å². The van der Waals surface area contributed by atoms with Gasteiger partial charge in [-0.2, -0.15) is 0 Å². The average Bonchev–Trinajstić information content (AvgIpc) is 3.05. The topological polar surface area (TPSA) is 65.0 Å². The normalized spacial score (nSPS) is 13.2. The number of ether oxygens (including phenoxy) is 3. The van der Waals surface area contributed by atoms with Crippen LogP contribution in [-0.2, 0) is 4.79 Å². The molecule has 5 nitrogen and oxygen atoms in total. The van der Waals surface area contributed by atoms with Gasteiger partial charge >= 0.3 is 5.97 Å². The Labute approximate surface area is 146 Å². The van der Waals surface area contributed by atoms with Gasteiger partial charge in [-0.15, -0.1) is 0 Å². The van der Waals surface area contributed by atoms with E-state index in [9.17, 15) is 9.90 Å². The zero-order valence-electron chi connectivity index (χ0n) is 14.2. The lowest BCUT2D eigenvalue weighted by Gasteiger charge is -2.09. The fourth-order valence-corrected chi connectivity index (χ4v) is 2.46. The van der Waals surface area contributed by atoms with Crippen LogP contribution in [-0.4, -0.2) is 24.5 Å². The lowest BCUT2D eigenvalue weighted by Crippen LogP contribution is -2.04. The third-order valence-corrected chi connectivity index (χ3v) is 3.67. The molecule has 0 aliphatic carbocycles. The summed E-state index contributed by atoms with van der Waals surface area (Å²) in [5.41, 5.74) is 1.50. The van der Waals surface area contributed by atoms with Gasteiger partial charge in [-0.1, -0.05) is 32.0 Å². The summed E-state index contributed by atoms with van der Waals surface area (Å²) in [6.07, 6.45) is 1.63. The fraction of sp³-hybridized carbons (Fsp3) is 0.250. The summed E-state index contributed by atoms with van der Waals surface area (Å²) < 4.78 is 16.3. The number of benzene rings is 2. The fourth-order valence-electron chi connectivity index (χ4n) is 2.46. The van der Waals surface area contributed by atoms with Crippen molar-refractivity contribution in [1.82, 2.24) is 0 Å². The Bertz CT molecular complexity index is 807. The van der Waals surface area contributed by atoms with Crippen molar-refractivity contribution in [2.75, 3.05) is 13.4 Å². The molecule has 0 bridgehead atoms. The summed E-state index contributed by atoms with van der Waals surface area (Å²) in [6.45, 7) is 4.92. The molecule has 1 aliphatic heterocycles. The molecule has 3 rings (SSSR count). The summed E-state index contributed by atoms with van der Waals surface area (Å²) in [5, 5.41) is 9.61. The number of rotatable bonds is 6. The molecule has 0 radical (unpaired) electrons. The third-order valence-electron chi connectivity index (χ3n) is 3.67. The molecule has 0 saturated heterocycles. The Hall–Kier alpha value is -2.95. The number of fused-ring (bicyclic) bond motifs is 1. The van der Waals surface area contributed by atoms with E-state index in [-0.39, 0.29) is 12.4 Å². The number of aliphatic carboxylic acids is 1. The highest BCUT2D eigenvalue weighted by atomic mass is 16.7. The van der Waals surface area contributed by atoms with Crippen LogP contribution in [0.15, 0.2) is 42.5 Å². The Morgan fingerprint density at radius 2 is 2.00 bits per heavy atom. The maximum absolute atomic E-state index is 11.7. The average molecular weight is 340 g/mol. The molecule has 1 heterocycles. The molecule has 0 spiro atoms. The van der Waals surface area contributed by atoms with Crippen molar-refractivity contribution < 1.29 is 24.1 Å². The second kappa shape index (κ2) is 7.30. The van der Waals surface area contributed by atoms with E-state index in [1.165, 1.54) is 0 Å². The first-order chi connectivity index (χ1) is 12.0. The first kappa shape index (κ1) is 16.9. The molecule has 130 valence electrons. The van der Waals surface area contributed by atoms with E-state index in [1.54, 1.807) is 24.3 Å². The monoisotopic (exact) mass is 340 g/mol. The van der Waals surface area contributed by atoms with Crippen LogP contribution in [0.2, 0.25) is 0 Å². The molecule has 25 heavy (non-hydrogen) atoms. The van der Waals surface area contributed by atoms with E-state index in [1.807, 2.05) is 24.3 Å². The number of carboxylic acid groups (broad SMARTS) is 1. The van der Waals surface area contributed by atoms with E-state index >= 15 is 0 Å². The van der Waals surface area contributed by atoms with Crippen LogP contribution in [0.1, 0.15) is 25.0 Å². The van der Waals surface area contributed by atoms with Gasteiger partial charge in [0.25, 0.3) is 0 Å². The molecule has 0 atom stereocenters. The van der Waals surface area contributed by atoms with Crippen molar-refractivity contribution in [3.05, 3.63) is 53.6 Å². The largest absolute Gasteiger partial charge is 0.493 e. The lowest BCUT2D eigenvalue weighted by atomic mass is 10.0. The molecule has 0 aromatic heterocycles. The van der Waals surface area contributed by atoms with Crippen LogP contribution in [0.5, 0.6) is 17.2 Å². The van der Waals surface area contributed by atoms with Crippen LogP contribution in [0, 0.1) is 5.92 Å². The van der Waals surface area contributed by atoms with Crippen LogP contribution >= 0.6 is 0 Å². The SMILES string of the molecule is CC(C)COc1cccc(/C=C(\C(=O)O)c2ccc3c(c2)OCO3)c1. The molecule has 1 aliphatic rings. The molecule has 0 fully saturated rings. The van der Waals surface area contributed by atoms with E-state index in [0.29, 0.717) is 29.6 Å². The van der Waals surface area contributed by atoms with Gasteiger partial charge < -0.3 is 19.3 Å². The summed E-state index contributed by atoms with van der Waals surface area (Å²) in [6, 6.07) is 12.5. The van der Waals surface area contributed by atoms with Crippen LogP contribution < -0.4 is 14.2 Å². The molecule has 0 unspecified atom stereocenters. The van der Waals surface area contributed by atoms with Crippen molar-refractivity contribution in [2.24, 2.45) is 5.92 Å². The van der Waals surface area contributed by atoms with Crippen molar-refractivity contribution in [2.45, 2.75) is 13.8 Å². The van der Waals surface area contributed by atoms with Crippen LogP contribution in [0.4, 0.5) is 0 Å². The Balaban J connectivity index is 1.90. The second-order valence-corrected chi connectivity index (χ2v) is 6.21.